The number of hydrogen-bond acceptors (Lipinski definition) is 5. The number of ether oxygens (including phenoxy) is 1. The van der Waals surface area contributed by atoms with Crippen LogP contribution in [0.15, 0.2) is 0 Å². The smallest absolute Gasteiger partial charge is 0.324 e. The van der Waals surface area contributed by atoms with E-state index < -0.39 is 17.5 Å². The number of hydrogen-bond donors (Lipinski definition) is 2. The lowest BCUT2D eigenvalue weighted by Gasteiger charge is -2.33. The number of nitrogens with one attached hydrogen (secondary N) is 1. The fourth-order valence-corrected chi connectivity index (χ4v) is 2.70. The molecule has 1 heterocycles. The van der Waals surface area contributed by atoms with E-state index in [0.29, 0.717) is 12.2 Å². The average molecular weight is 233 g/mol. The van der Waals surface area contributed by atoms with Crippen LogP contribution in [0.5, 0.6) is 0 Å². The second-order valence-electron chi connectivity index (χ2n) is 3.47. The number of methoxy groups -OCH3 is 1. The van der Waals surface area contributed by atoms with Gasteiger partial charge in [0, 0.05) is 5.75 Å². The Morgan fingerprint density at radius 1 is 1.60 bits per heavy atom. The van der Waals surface area contributed by atoms with E-state index in [4.69, 9.17) is 5.11 Å². The minimum atomic E-state index is -0.961. The summed E-state index contributed by atoms with van der Waals surface area (Å²) in [6.07, 6.45) is 1.41. The van der Waals surface area contributed by atoms with E-state index in [-0.39, 0.29) is 6.54 Å². The lowest BCUT2D eigenvalue weighted by Crippen LogP contribution is -2.57. The van der Waals surface area contributed by atoms with Crippen molar-refractivity contribution in [3.63, 3.8) is 0 Å². The Balaban J connectivity index is 2.57. The lowest BCUT2D eigenvalue weighted by atomic mass is 9.95. The molecule has 0 saturated carbocycles. The number of rotatable bonds is 4. The number of carbonyl (C=O) groups excluding carboxylic acids is 1. The molecule has 1 saturated heterocycles. The zero-order chi connectivity index (χ0) is 11.3. The highest BCUT2D eigenvalue weighted by molar-refractivity contribution is 7.99. The van der Waals surface area contributed by atoms with E-state index in [1.54, 1.807) is 11.8 Å². The number of carboxylic acid groups (broad SMARTS) is 1. The topological polar surface area (TPSA) is 75.6 Å². The molecule has 1 aliphatic heterocycles. The molecule has 5 nitrogen and oxygen atoms in total. The number of aliphatic carboxylic acids is 1. The molecule has 0 aromatic carbocycles. The molecule has 1 unspecified atom stereocenters. The van der Waals surface area contributed by atoms with Gasteiger partial charge in [-0.05, 0) is 18.6 Å². The Labute approximate surface area is 92.6 Å². The number of carboxylic acids is 1. The van der Waals surface area contributed by atoms with Crippen LogP contribution in [0.3, 0.4) is 0 Å². The fourth-order valence-electron chi connectivity index (χ4n) is 1.49. The molecule has 1 atom stereocenters. The first-order chi connectivity index (χ1) is 7.10. The van der Waals surface area contributed by atoms with Crippen LogP contribution in [-0.2, 0) is 14.3 Å². The van der Waals surface area contributed by atoms with Crippen molar-refractivity contribution in [1.29, 1.82) is 0 Å². The summed E-state index contributed by atoms with van der Waals surface area (Å²) in [4.78, 5) is 22.1. The van der Waals surface area contributed by atoms with Crippen LogP contribution in [-0.4, -0.2) is 47.7 Å². The lowest BCUT2D eigenvalue weighted by molar-refractivity contribution is -0.145. The first-order valence-electron chi connectivity index (χ1n) is 4.74. The Morgan fingerprint density at radius 3 is 2.80 bits per heavy atom. The summed E-state index contributed by atoms with van der Waals surface area (Å²) in [6.45, 7) is -0.0522. The van der Waals surface area contributed by atoms with Gasteiger partial charge in [-0.3, -0.25) is 14.9 Å². The first-order valence-corrected chi connectivity index (χ1v) is 5.89. The summed E-state index contributed by atoms with van der Waals surface area (Å²) in [6, 6.07) is 0. The van der Waals surface area contributed by atoms with Crippen LogP contribution in [0, 0.1) is 0 Å². The van der Waals surface area contributed by atoms with Crippen molar-refractivity contribution in [3.05, 3.63) is 0 Å². The highest BCUT2D eigenvalue weighted by atomic mass is 32.2. The van der Waals surface area contributed by atoms with Crippen LogP contribution >= 0.6 is 11.8 Å². The van der Waals surface area contributed by atoms with Crippen molar-refractivity contribution in [2.45, 2.75) is 18.4 Å². The van der Waals surface area contributed by atoms with E-state index in [0.717, 1.165) is 12.2 Å². The third kappa shape index (κ3) is 3.10. The zero-order valence-electron chi connectivity index (χ0n) is 8.62. The van der Waals surface area contributed by atoms with Gasteiger partial charge in [-0.25, -0.2) is 0 Å². The Kier molecular flexibility index (Phi) is 4.41. The number of esters is 1. The molecule has 0 bridgehead atoms. The minimum Gasteiger partial charge on any atom is -0.480 e. The summed E-state index contributed by atoms with van der Waals surface area (Å²) in [5.41, 5.74) is -0.961. The van der Waals surface area contributed by atoms with Crippen molar-refractivity contribution in [1.82, 2.24) is 5.32 Å². The Bertz CT molecular complexity index is 250. The van der Waals surface area contributed by atoms with Crippen LogP contribution in [0.1, 0.15) is 12.8 Å². The molecule has 86 valence electrons. The minimum absolute atomic E-state index is 0.0522. The molecule has 0 amide bonds. The molecular formula is C9H15NO4S. The molecule has 1 fully saturated rings. The number of carbonyl (C=O) groups is 2. The maximum Gasteiger partial charge on any atom is 0.324 e. The summed E-state index contributed by atoms with van der Waals surface area (Å²) in [5.74, 6) is 0.152. The van der Waals surface area contributed by atoms with E-state index in [9.17, 15) is 9.59 Å². The summed E-state index contributed by atoms with van der Waals surface area (Å²) in [7, 11) is 1.28. The molecule has 1 rings (SSSR count). The molecule has 0 spiro atoms. The van der Waals surface area contributed by atoms with E-state index >= 15 is 0 Å². The van der Waals surface area contributed by atoms with Gasteiger partial charge in [-0.15, -0.1) is 0 Å². The molecule has 15 heavy (non-hydrogen) atoms. The Morgan fingerprint density at radius 2 is 2.33 bits per heavy atom. The normalized spacial score (nSPS) is 25.9. The molecule has 0 aromatic heterocycles. The predicted octanol–water partition coefficient (Wildman–Crippen LogP) is 0.0994. The van der Waals surface area contributed by atoms with Crippen molar-refractivity contribution in [2.24, 2.45) is 0 Å². The molecule has 6 heteroatoms. The monoisotopic (exact) mass is 233 g/mol. The van der Waals surface area contributed by atoms with Gasteiger partial charge in [0.05, 0.1) is 13.7 Å². The largest absolute Gasteiger partial charge is 0.480 e. The van der Waals surface area contributed by atoms with Gasteiger partial charge < -0.3 is 9.84 Å². The van der Waals surface area contributed by atoms with E-state index in [1.165, 1.54) is 7.11 Å². The van der Waals surface area contributed by atoms with Crippen molar-refractivity contribution in [3.8, 4) is 0 Å². The van der Waals surface area contributed by atoms with Crippen LogP contribution < -0.4 is 5.32 Å². The quantitative estimate of drug-likeness (QED) is 0.671. The maximum absolute atomic E-state index is 11.1. The zero-order valence-corrected chi connectivity index (χ0v) is 9.43. The molecule has 1 aliphatic rings. The summed E-state index contributed by atoms with van der Waals surface area (Å²) < 4.78 is 4.46. The SMILES string of the molecule is COC(=O)CNC1(C(=O)O)CCCSC1. The summed E-state index contributed by atoms with van der Waals surface area (Å²) >= 11 is 1.59. The highest BCUT2D eigenvalue weighted by Crippen LogP contribution is 2.26. The van der Waals surface area contributed by atoms with Crippen molar-refractivity contribution < 1.29 is 19.4 Å². The molecule has 2 N–H and O–H groups in total. The van der Waals surface area contributed by atoms with Crippen LogP contribution in [0.2, 0.25) is 0 Å². The van der Waals surface area contributed by atoms with E-state index in [2.05, 4.69) is 10.1 Å². The Hall–Kier alpha value is -0.750. The highest BCUT2D eigenvalue weighted by Gasteiger charge is 2.40. The second-order valence-corrected chi connectivity index (χ2v) is 4.58. The maximum atomic E-state index is 11.1. The van der Waals surface area contributed by atoms with E-state index in [1.807, 2.05) is 0 Å². The molecule has 0 radical (unpaired) electrons. The number of thioether (sulfide) groups is 1. The third-order valence-corrected chi connectivity index (χ3v) is 3.72. The van der Waals surface area contributed by atoms with Crippen molar-refractivity contribution in [2.75, 3.05) is 25.2 Å². The first kappa shape index (κ1) is 12.3. The van der Waals surface area contributed by atoms with Crippen molar-refractivity contribution >= 4 is 23.7 Å². The van der Waals surface area contributed by atoms with Gasteiger partial charge in [0.1, 0.15) is 5.54 Å². The van der Waals surface area contributed by atoms with Gasteiger partial charge in [-0.2, -0.15) is 11.8 Å². The predicted molar refractivity (Wildman–Crippen MR) is 56.9 cm³/mol. The van der Waals surface area contributed by atoms with Crippen LogP contribution in [0.4, 0.5) is 0 Å². The van der Waals surface area contributed by atoms with Gasteiger partial charge in [-0.1, -0.05) is 0 Å². The van der Waals surface area contributed by atoms with Gasteiger partial charge in [0.2, 0.25) is 0 Å². The van der Waals surface area contributed by atoms with Gasteiger partial charge >= 0.3 is 11.9 Å². The second kappa shape index (κ2) is 5.37. The summed E-state index contributed by atoms with van der Waals surface area (Å²) in [5, 5.41) is 11.9. The molecule has 0 aliphatic carbocycles. The molecular weight excluding hydrogens is 218 g/mol. The van der Waals surface area contributed by atoms with Crippen LogP contribution in [0.25, 0.3) is 0 Å². The standard InChI is InChI=1S/C9H15NO4S/c1-14-7(11)5-10-9(8(12)13)3-2-4-15-6-9/h10H,2-6H2,1H3,(H,12,13). The van der Waals surface area contributed by atoms with Gasteiger partial charge in [0.15, 0.2) is 0 Å². The fraction of sp³-hybridized carbons (Fsp3) is 0.778. The van der Waals surface area contributed by atoms with Gasteiger partial charge in [0.25, 0.3) is 0 Å². The third-order valence-electron chi connectivity index (χ3n) is 2.45. The average Bonchev–Trinajstić information content (AvgIpc) is 2.27. The molecule has 0 aromatic rings.